The predicted molar refractivity (Wildman–Crippen MR) is 103 cm³/mol. The van der Waals surface area contributed by atoms with E-state index in [1.807, 2.05) is 6.92 Å². The van der Waals surface area contributed by atoms with Crippen LogP contribution >= 0.6 is 0 Å². The Balaban J connectivity index is 1.88. The van der Waals surface area contributed by atoms with Crippen LogP contribution in [-0.4, -0.2) is 35.4 Å². The standard InChI is InChI=1S/C21H21F3N2O3/c1-2-15(11-27)25-21(28)29-8-7-16-17-9-14(23)10-18(24)20(17)26-19(16)12-3-5-13(22)6-4-12/h3-6,9-10,15,26-27H,2,7-8,11H2,1H3,(H,25,28)/t15-/m0/s1. The first-order valence-electron chi connectivity index (χ1n) is 9.22. The zero-order valence-electron chi connectivity index (χ0n) is 15.8. The van der Waals surface area contributed by atoms with Crippen LogP contribution in [0.5, 0.6) is 0 Å². The van der Waals surface area contributed by atoms with Gasteiger partial charge in [-0.05, 0) is 47.9 Å². The van der Waals surface area contributed by atoms with Gasteiger partial charge in [0.1, 0.15) is 17.5 Å². The third-order valence-corrected chi connectivity index (χ3v) is 4.69. The number of carbonyl (C=O) groups excluding carboxylic acids is 1. The summed E-state index contributed by atoms with van der Waals surface area (Å²) in [5, 5.41) is 12.0. The lowest BCUT2D eigenvalue weighted by Crippen LogP contribution is -2.37. The van der Waals surface area contributed by atoms with E-state index in [1.54, 1.807) is 0 Å². The Morgan fingerprint density at radius 2 is 1.90 bits per heavy atom. The minimum atomic E-state index is -0.748. The van der Waals surface area contributed by atoms with Crippen LogP contribution in [0.15, 0.2) is 36.4 Å². The van der Waals surface area contributed by atoms with Crippen LogP contribution in [0.2, 0.25) is 0 Å². The van der Waals surface area contributed by atoms with Crippen molar-refractivity contribution in [2.45, 2.75) is 25.8 Å². The molecule has 8 heteroatoms. The summed E-state index contributed by atoms with van der Waals surface area (Å²) < 4.78 is 46.5. The van der Waals surface area contributed by atoms with E-state index in [2.05, 4.69) is 10.3 Å². The molecule has 3 N–H and O–H groups in total. The molecule has 0 aliphatic heterocycles. The van der Waals surface area contributed by atoms with E-state index in [0.717, 1.165) is 6.07 Å². The Morgan fingerprint density at radius 3 is 2.55 bits per heavy atom. The number of nitrogens with one attached hydrogen (secondary N) is 2. The fraction of sp³-hybridized carbons (Fsp3) is 0.286. The van der Waals surface area contributed by atoms with Gasteiger partial charge in [-0.15, -0.1) is 0 Å². The van der Waals surface area contributed by atoms with Gasteiger partial charge in [-0.25, -0.2) is 18.0 Å². The Bertz CT molecular complexity index is 999. The van der Waals surface area contributed by atoms with Gasteiger partial charge >= 0.3 is 6.09 Å². The Hall–Kier alpha value is -3.00. The zero-order valence-corrected chi connectivity index (χ0v) is 15.8. The molecule has 0 spiro atoms. The summed E-state index contributed by atoms with van der Waals surface area (Å²) in [4.78, 5) is 14.8. The van der Waals surface area contributed by atoms with E-state index in [0.29, 0.717) is 28.6 Å². The number of halogens is 3. The summed E-state index contributed by atoms with van der Waals surface area (Å²) in [6.07, 6.45) is 0.0340. The molecule has 0 bridgehead atoms. The van der Waals surface area contributed by atoms with Gasteiger partial charge in [0.15, 0.2) is 0 Å². The fourth-order valence-electron chi connectivity index (χ4n) is 3.13. The number of carbonyl (C=O) groups is 1. The molecule has 5 nitrogen and oxygen atoms in total. The number of amides is 1. The van der Waals surface area contributed by atoms with Gasteiger partial charge in [0, 0.05) is 23.6 Å². The number of alkyl carbamates (subject to hydrolysis) is 1. The van der Waals surface area contributed by atoms with Crippen molar-refractivity contribution < 1.29 is 27.8 Å². The second-order valence-corrected chi connectivity index (χ2v) is 6.61. The molecule has 0 unspecified atom stereocenters. The van der Waals surface area contributed by atoms with Crippen molar-refractivity contribution in [2.75, 3.05) is 13.2 Å². The first-order valence-corrected chi connectivity index (χ1v) is 9.22. The van der Waals surface area contributed by atoms with E-state index in [-0.39, 0.29) is 25.2 Å². The third-order valence-electron chi connectivity index (χ3n) is 4.69. The molecule has 1 aromatic heterocycles. The van der Waals surface area contributed by atoms with Crippen LogP contribution in [-0.2, 0) is 11.2 Å². The first kappa shape index (κ1) is 20.7. The minimum Gasteiger partial charge on any atom is -0.449 e. The second kappa shape index (κ2) is 9.00. The first-order chi connectivity index (χ1) is 13.9. The molecule has 1 atom stereocenters. The van der Waals surface area contributed by atoms with Crippen molar-refractivity contribution in [1.29, 1.82) is 0 Å². The summed E-state index contributed by atoms with van der Waals surface area (Å²) in [5.41, 5.74) is 1.76. The molecule has 0 saturated carbocycles. The second-order valence-electron chi connectivity index (χ2n) is 6.61. The largest absolute Gasteiger partial charge is 0.449 e. The molecule has 154 valence electrons. The van der Waals surface area contributed by atoms with Crippen LogP contribution in [0.1, 0.15) is 18.9 Å². The number of H-pyrrole nitrogens is 1. The topological polar surface area (TPSA) is 74.3 Å². The summed E-state index contributed by atoms with van der Waals surface area (Å²) in [6, 6.07) is 7.17. The average molecular weight is 406 g/mol. The average Bonchev–Trinajstić information content (AvgIpc) is 3.05. The Labute approximate surface area is 165 Å². The van der Waals surface area contributed by atoms with Crippen LogP contribution < -0.4 is 5.32 Å². The van der Waals surface area contributed by atoms with E-state index in [4.69, 9.17) is 9.84 Å². The lowest BCUT2D eigenvalue weighted by molar-refractivity contribution is 0.136. The number of aromatic amines is 1. The summed E-state index contributed by atoms with van der Waals surface area (Å²) >= 11 is 0. The van der Waals surface area contributed by atoms with E-state index in [1.165, 1.54) is 30.3 Å². The molecule has 0 radical (unpaired) electrons. The van der Waals surface area contributed by atoms with Gasteiger partial charge < -0.3 is 20.1 Å². The molecule has 3 rings (SSSR count). The maximum Gasteiger partial charge on any atom is 0.407 e. The highest BCUT2D eigenvalue weighted by Crippen LogP contribution is 2.33. The summed E-state index contributed by atoms with van der Waals surface area (Å²) in [5.74, 6) is -1.90. The molecule has 29 heavy (non-hydrogen) atoms. The van der Waals surface area contributed by atoms with Crippen molar-refractivity contribution in [3.8, 4) is 11.3 Å². The highest BCUT2D eigenvalue weighted by Gasteiger charge is 2.18. The Kier molecular flexibility index (Phi) is 6.43. The number of aliphatic hydroxyl groups is 1. The molecular weight excluding hydrogens is 385 g/mol. The van der Waals surface area contributed by atoms with Crippen molar-refractivity contribution in [1.82, 2.24) is 10.3 Å². The Morgan fingerprint density at radius 1 is 1.17 bits per heavy atom. The van der Waals surface area contributed by atoms with E-state index >= 15 is 0 Å². The van der Waals surface area contributed by atoms with Crippen molar-refractivity contribution >= 4 is 17.0 Å². The monoisotopic (exact) mass is 406 g/mol. The molecule has 3 aromatic rings. The molecule has 1 heterocycles. The molecule has 1 amide bonds. The quantitative estimate of drug-likeness (QED) is 0.548. The molecule has 0 saturated heterocycles. The van der Waals surface area contributed by atoms with Crippen molar-refractivity contribution in [3.05, 3.63) is 59.4 Å². The lowest BCUT2D eigenvalue weighted by Gasteiger charge is -2.14. The van der Waals surface area contributed by atoms with Crippen LogP contribution in [0.4, 0.5) is 18.0 Å². The number of aliphatic hydroxyl groups excluding tert-OH is 1. The maximum absolute atomic E-state index is 14.2. The zero-order chi connectivity index (χ0) is 21.0. The smallest absolute Gasteiger partial charge is 0.407 e. The lowest BCUT2D eigenvalue weighted by atomic mass is 10.0. The highest BCUT2D eigenvalue weighted by molar-refractivity contribution is 5.91. The van der Waals surface area contributed by atoms with Gasteiger partial charge in [-0.2, -0.15) is 0 Å². The number of aromatic nitrogens is 1. The van der Waals surface area contributed by atoms with Crippen molar-refractivity contribution in [3.63, 3.8) is 0 Å². The number of fused-ring (bicyclic) bond motifs is 1. The van der Waals surface area contributed by atoms with Crippen LogP contribution in [0.3, 0.4) is 0 Å². The van der Waals surface area contributed by atoms with Crippen molar-refractivity contribution in [2.24, 2.45) is 0 Å². The third kappa shape index (κ3) is 4.71. The highest BCUT2D eigenvalue weighted by atomic mass is 19.1. The number of rotatable bonds is 7. The maximum atomic E-state index is 14.2. The number of hydrogen-bond donors (Lipinski definition) is 3. The number of hydrogen-bond acceptors (Lipinski definition) is 3. The molecule has 0 fully saturated rings. The van der Waals surface area contributed by atoms with E-state index in [9.17, 15) is 18.0 Å². The van der Waals surface area contributed by atoms with Gasteiger partial charge in [-0.1, -0.05) is 6.92 Å². The fourth-order valence-corrected chi connectivity index (χ4v) is 3.13. The SMILES string of the molecule is CC[C@@H](CO)NC(=O)OCCc1c(-c2ccc(F)cc2)[nH]c2c(F)cc(F)cc12. The van der Waals surface area contributed by atoms with Crippen LogP contribution in [0, 0.1) is 17.5 Å². The van der Waals surface area contributed by atoms with Crippen LogP contribution in [0.25, 0.3) is 22.2 Å². The minimum absolute atomic E-state index is 0.0486. The molecule has 0 aliphatic rings. The molecular formula is C21H21F3N2O3. The van der Waals surface area contributed by atoms with Gasteiger partial charge in [0.2, 0.25) is 0 Å². The van der Waals surface area contributed by atoms with Gasteiger partial charge in [-0.3, -0.25) is 0 Å². The molecule has 0 aliphatic carbocycles. The summed E-state index contributed by atoms with van der Waals surface area (Å²) in [6.45, 7) is 1.56. The summed E-state index contributed by atoms with van der Waals surface area (Å²) in [7, 11) is 0. The van der Waals surface area contributed by atoms with Gasteiger partial charge in [0.25, 0.3) is 0 Å². The number of ether oxygens (including phenoxy) is 1. The van der Waals surface area contributed by atoms with E-state index < -0.39 is 29.6 Å². The predicted octanol–water partition coefficient (Wildman–Crippen LogP) is 4.29. The number of benzene rings is 2. The normalized spacial score (nSPS) is 12.2. The van der Waals surface area contributed by atoms with Gasteiger partial charge in [0.05, 0.1) is 24.8 Å². The molecule has 2 aromatic carbocycles.